The molecule has 94 valence electrons. The maximum absolute atomic E-state index is 12.1. The first kappa shape index (κ1) is 13.7. The van der Waals surface area contributed by atoms with Gasteiger partial charge in [0.05, 0.1) is 22.4 Å². The van der Waals surface area contributed by atoms with Gasteiger partial charge in [0.15, 0.2) is 5.82 Å². The summed E-state index contributed by atoms with van der Waals surface area (Å²) in [4.78, 5) is 15.6. The SMILES string of the molecule is O=S(c1ncc(Cl)cn1)C(S)c1ncc(Cl)cn1. The van der Waals surface area contributed by atoms with E-state index >= 15 is 0 Å². The molecule has 2 aromatic heterocycles. The van der Waals surface area contributed by atoms with Gasteiger partial charge in [-0.25, -0.2) is 24.1 Å². The quantitative estimate of drug-likeness (QED) is 0.694. The molecule has 0 saturated carbocycles. The van der Waals surface area contributed by atoms with E-state index in [0.717, 1.165) is 0 Å². The highest BCUT2D eigenvalue weighted by Crippen LogP contribution is 2.24. The van der Waals surface area contributed by atoms with Crippen LogP contribution in [0.3, 0.4) is 0 Å². The van der Waals surface area contributed by atoms with Gasteiger partial charge < -0.3 is 0 Å². The van der Waals surface area contributed by atoms with Gasteiger partial charge in [-0.2, -0.15) is 12.6 Å². The van der Waals surface area contributed by atoms with Crippen molar-refractivity contribution in [1.29, 1.82) is 0 Å². The zero-order valence-electron chi connectivity index (χ0n) is 8.70. The first-order valence-electron chi connectivity index (χ1n) is 4.61. The molecule has 2 atom stereocenters. The molecule has 2 heterocycles. The van der Waals surface area contributed by atoms with Crippen LogP contribution in [0.4, 0.5) is 0 Å². The first-order valence-corrected chi connectivity index (χ1v) is 7.10. The molecule has 2 rings (SSSR count). The third-order valence-electron chi connectivity index (χ3n) is 1.84. The molecule has 0 aliphatic carbocycles. The zero-order chi connectivity index (χ0) is 13.1. The first-order chi connectivity index (χ1) is 8.58. The molecular weight excluding hydrogens is 315 g/mol. The lowest BCUT2D eigenvalue weighted by molar-refractivity contribution is 0.673. The van der Waals surface area contributed by atoms with Crippen LogP contribution in [-0.2, 0) is 10.8 Å². The van der Waals surface area contributed by atoms with Crippen molar-refractivity contribution in [3.05, 3.63) is 40.7 Å². The second-order valence-corrected chi connectivity index (χ2v) is 6.26. The molecule has 18 heavy (non-hydrogen) atoms. The van der Waals surface area contributed by atoms with Crippen LogP contribution >= 0.6 is 35.8 Å². The van der Waals surface area contributed by atoms with Crippen molar-refractivity contribution < 1.29 is 4.21 Å². The zero-order valence-corrected chi connectivity index (χ0v) is 11.9. The minimum Gasteiger partial charge on any atom is -0.249 e. The normalized spacial score (nSPS) is 14.2. The molecule has 2 aromatic rings. The van der Waals surface area contributed by atoms with Crippen LogP contribution in [0.25, 0.3) is 0 Å². The monoisotopic (exact) mass is 320 g/mol. The van der Waals surface area contributed by atoms with Crippen LogP contribution in [-0.4, -0.2) is 24.1 Å². The van der Waals surface area contributed by atoms with Crippen molar-refractivity contribution in [3.8, 4) is 0 Å². The Balaban J connectivity index is 2.23. The summed E-state index contributed by atoms with van der Waals surface area (Å²) in [5.41, 5.74) is 0. The molecule has 0 aliphatic heterocycles. The van der Waals surface area contributed by atoms with Crippen LogP contribution < -0.4 is 0 Å². The van der Waals surface area contributed by atoms with E-state index in [9.17, 15) is 4.21 Å². The van der Waals surface area contributed by atoms with Gasteiger partial charge in [0.25, 0.3) is 0 Å². The highest BCUT2D eigenvalue weighted by Gasteiger charge is 2.21. The summed E-state index contributed by atoms with van der Waals surface area (Å²) in [7, 11) is -1.58. The van der Waals surface area contributed by atoms with E-state index in [-0.39, 0.29) is 5.16 Å². The summed E-state index contributed by atoms with van der Waals surface area (Å²) in [6.45, 7) is 0. The van der Waals surface area contributed by atoms with Crippen molar-refractivity contribution in [2.24, 2.45) is 0 Å². The van der Waals surface area contributed by atoms with Crippen molar-refractivity contribution in [1.82, 2.24) is 19.9 Å². The summed E-state index contributed by atoms with van der Waals surface area (Å²) in [5, 5.41) is 0.889. The predicted molar refractivity (Wildman–Crippen MR) is 72.2 cm³/mol. The number of thiol groups is 1. The summed E-state index contributed by atoms with van der Waals surface area (Å²) >= 11 is 15.5. The number of rotatable bonds is 3. The number of aromatic nitrogens is 4. The van der Waals surface area contributed by atoms with Crippen molar-refractivity contribution in [2.45, 2.75) is 9.74 Å². The maximum Gasteiger partial charge on any atom is 0.220 e. The molecule has 0 saturated heterocycles. The van der Waals surface area contributed by atoms with Crippen molar-refractivity contribution in [2.75, 3.05) is 0 Å². The molecule has 2 unspecified atom stereocenters. The summed E-state index contributed by atoms with van der Waals surface area (Å²) in [6.07, 6.45) is 5.55. The second kappa shape index (κ2) is 5.92. The van der Waals surface area contributed by atoms with E-state index in [1.165, 1.54) is 24.8 Å². The minimum absolute atomic E-state index is 0.123. The number of hydrogen-bond acceptors (Lipinski definition) is 6. The summed E-state index contributed by atoms with van der Waals surface area (Å²) in [5.74, 6) is 0.291. The van der Waals surface area contributed by atoms with E-state index in [4.69, 9.17) is 23.2 Å². The van der Waals surface area contributed by atoms with Gasteiger partial charge in [-0.15, -0.1) is 0 Å². The van der Waals surface area contributed by atoms with E-state index in [0.29, 0.717) is 15.9 Å². The van der Waals surface area contributed by atoms with E-state index in [2.05, 4.69) is 32.6 Å². The third-order valence-corrected chi connectivity index (χ3v) is 4.22. The molecule has 0 radical (unpaired) electrons. The van der Waals surface area contributed by atoms with Gasteiger partial charge in [-0.05, 0) is 0 Å². The lowest BCUT2D eigenvalue weighted by atomic mass is 10.6. The highest BCUT2D eigenvalue weighted by atomic mass is 35.5. The van der Waals surface area contributed by atoms with Crippen LogP contribution in [0.2, 0.25) is 10.0 Å². The fourth-order valence-electron chi connectivity index (χ4n) is 1.05. The van der Waals surface area contributed by atoms with E-state index in [1.54, 1.807) is 0 Å². The van der Waals surface area contributed by atoms with Gasteiger partial charge in [0.1, 0.15) is 15.4 Å². The summed E-state index contributed by atoms with van der Waals surface area (Å²) < 4.78 is 11.4. The molecule has 0 fully saturated rings. The Kier molecular flexibility index (Phi) is 4.50. The predicted octanol–water partition coefficient (Wildman–Crippen LogP) is 2.31. The average molecular weight is 321 g/mol. The van der Waals surface area contributed by atoms with E-state index in [1.807, 2.05) is 0 Å². The van der Waals surface area contributed by atoms with Crippen LogP contribution in [0, 0.1) is 0 Å². The third kappa shape index (κ3) is 3.17. The lowest BCUT2D eigenvalue weighted by Gasteiger charge is -2.07. The largest absolute Gasteiger partial charge is 0.249 e. The van der Waals surface area contributed by atoms with Crippen LogP contribution in [0.5, 0.6) is 0 Å². The van der Waals surface area contributed by atoms with E-state index < -0.39 is 15.4 Å². The Morgan fingerprint density at radius 3 is 1.94 bits per heavy atom. The molecule has 0 aromatic carbocycles. The number of nitrogens with zero attached hydrogens (tertiary/aromatic N) is 4. The Labute approximate surface area is 121 Å². The molecule has 0 bridgehead atoms. The van der Waals surface area contributed by atoms with Gasteiger partial charge in [-0.1, -0.05) is 23.2 Å². The second-order valence-electron chi connectivity index (χ2n) is 3.09. The number of halogens is 2. The fourth-order valence-corrected chi connectivity index (χ4v) is 2.49. The Morgan fingerprint density at radius 1 is 1.00 bits per heavy atom. The Bertz CT molecular complexity index is 564. The molecule has 5 nitrogen and oxygen atoms in total. The number of hydrogen-bond donors (Lipinski definition) is 1. The highest BCUT2D eigenvalue weighted by molar-refractivity contribution is 8.00. The molecule has 0 aliphatic rings. The molecule has 0 amide bonds. The Hall–Kier alpha value is -0.760. The lowest BCUT2D eigenvalue weighted by Crippen LogP contribution is -2.08. The Morgan fingerprint density at radius 2 is 1.44 bits per heavy atom. The minimum atomic E-state index is -1.58. The van der Waals surface area contributed by atoms with Gasteiger partial charge in [0.2, 0.25) is 5.16 Å². The molecule has 0 spiro atoms. The van der Waals surface area contributed by atoms with Gasteiger partial charge in [-0.3, -0.25) is 0 Å². The van der Waals surface area contributed by atoms with Gasteiger partial charge in [0, 0.05) is 12.4 Å². The van der Waals surface area contributed by atoms with Crippen molar-refractivity contribution >= 4 is 46.6 Å². The summed E-state index contributed by atoms with van der Waals surface area (Å²) in [6, 6.07) is 0. The molecule has 0 N–H and O–H groups in total. The van der Waals surface area contributed by atoms with Crippen LogP contribution in [0.1, 0.15) is 10.4 Å². The van der Waals surface area contributed by atoms with Crippen LogP contribution in [0.15, 0.2) is 29.9 Å². The van der Waals surface area contributed by atoms with Crippen molar-refractivity contribution in [3.63, 3.8) is 0 Å². The topological polar surface area (TPSA) is 68.6 Å². The molecule has 9 heteroatoms. The maximum atomic E-state index is 12.1. The van der Waals surface area contributed by atoms with Gasteiger partial charge >= 0.3 is 0 Å². The molecular formula is C9H6Cl2N4OS2. The standard InChI is InChI=1S/C9H6Cl2N4OS2/c10-5-1-12-7(13-2-5)8(17)18(16)9-14-3-6(11)4-15-9/h1-4,8,17H. The fraction of sp³-hybridized carbons (Fsp3) is 0.111. The smallest absolute Gasteiger partial charge is 0.220 e. The average Bonchev–Trinajstić information content (AvgIpc) is 2.39.